The van der Waals surface area contributed by atoms with E-state index in [1.807, 2.05) is 36.4 Å². The number of fused-ring (bicyclic) bond motifs is 2. The number of benzene rings is 2. The van der Waals surface area contributed by atoms with Gasteiger partial charge in [-0.05, 0) is 24.3 Å². The number of carbonyl (C=O) groups excluding carboxylic acids is 2. The molecule has 0 aliphatic carbocycles. The second-order valence-electron chi connectivity index (χ2n) is 6.26. The van der Waals surface area contributed by atoms with Crippen LogP contribution >= 0.6 is 0 Å². The summed E-state index contributed by atoms with van der Waals surface area (Å²) in [5.74, 6) is 0.347. The monoisotopic (exact) mass is 382 g/mol. The van der Waals surface area contributed by atoms with Crippen molar-refractivity contribution in [1.82, 2.24) is 10.5 Å². The van der Waals surface area contributed by atoms with Crippen molar-refractivity contribution in [2.75, 3.05) is 19.8 Å². The molecule has 0 fully saturated rings. The van der Waals surface area contributed by atoms with Gasteiger partial charge in [0.2, 0.25) is 0 Å². The summed E-state index contributed by atoms with van der Waals surface area (Å²) in [5, 5.41) is 7.29. The van der Waals surface area contributed by atoms with Crippen LogP contribution < -0.4 is 14.8 Å². The van der Waals surface area contributed by atoms with Crippen LogP contribution in [-0.2, 0) is 20.7 Å². The SMILES string of the molecule is O=C(COC(=O)Cc1noc2ccccc12)NC[C@@H]1COc2ccccc2O1. The Balaban J connectivity index is 1.21. The highest BCUT2D eigenvalue weighted by Crippen LogP contribution is 2.30. The lowest BCUT2D eigenvalue weighted by molar-refractivity contribution is -0.148. The van der Waals surface area contributed by atoms with Gasteiger partial charge in [0, 0.05) is 5.39 Å². The molecule has 1 aliphatic rings. The van der Waals surface area contributed by atoms with Crippen molar-refractivity contribution in [3.63, 3.8) is 0 Å². The van der Waals surface area contributed by atoms with Crippen LogP contribution in [0.3, 0.4) is 0 Å². The van der Waals surface area contributed by atoms with E-state index in [9.17, 15) is 9.59 Å². The number of nitrogens with zero attached hydrogens (tertiary/aromatic N) is 1. The quantitative estimate of drug-likeness (QED) is 0.650. The van der Waals surface area contributed by atoms with Crippen LogP contribution in [0.1, 0.15) is 5.69 Å². The molecule has 4 rings (SSSR count). The van der Waals surface area contributed by atoms with Crippen LogP contribution in [0.15, 0.2) is 53.1 Å². The predicted octanol–water partition coefficient (Wildman–Crippen LogP) is 1.87. The molecule has 8 nitrogen and oxygen atoms in total. The summed E-state index contributed by atoms with van der Waals surface area (Å²) in [5.41, 5.74) is 1.08. The van der Waals surface area contributed by atoms with Gasteiger partial charge in [-0.15, -0.1) is 0 Å². The molecule has 0 unspecified atom stereocenters. The van der Waals surface area contributed by atoms with Gasteiger partial charge in [-0.1, -0.05) is 29.4 Å². The summed E-state index contributed by atoms with van der Waals surface area (Å²) in [4.78, 5) is 23.9. The van der Waals surface area contributed by atoms with E-state index in [4.69, 9.17) is 18.7 Å². The van der Waals surface area contributed by atoms with Crippen LogP contribution in [0.2, 0.25) is 0 Å². The summed E-state index contributed by atoms with van der Waals surface area (Å²) in [6.45, 7) is 0.202. The topological polar surface area (TPSA) is 99.9 Å². The van der Waals surface area contributed by atoms with Gasteiger partial charge < -0.3 is 24.1 Å². The Morgan fingerprint density at radius 2 is 1.89 bits per heavy atom. The maximum absolute atomic E-state index is 12.0. The number of aromatic nitrogens is 1. The third-order valence-corrected chi connectivity index (χ3v) is 4.22. The number of hydrogen-bond acceptors (Lipinski definition) is 7. The van der Waals surface area contributed by atoms with Crippen molar-refractivity contribution < 1.29 is 28.3 Å². The van der Waals surface area contributed by atoms with E-state index in [2.05, 4.69) is 10.5 Å². The molecule has 144 valence electrons. The largest absolute Gasteiger partial charge is 0.486 e. The molecule has 0 saturated carbocycles. The Kier molecular flexibility index (Phi) is 5.09. The highest BCUT2D eigenvalue weighted by atomic mass is 16.6. The number of esters is 1. The highest BCUT2D eigenvalue weighted by molar-refractivity contribution is 5.85. The van der Waals surface area contributed by atoms with Gasteiger partial charge in [0.1, 0.15) is 18.4 Å². The van der Waals surface area contributed by atoms with Crippen LogP contribution in [-0.4, -0.2) is 42.9 Å². The zero-order valence-electron chi connectivity index (χ0n) is 14.9. The average Bonchev–Trinajstić information content (AvgIpc) is 3.13. The van der Waals surface area contributed by atoms with E-state index >= 15 is 0 Å². The molecule has 0 radical (unpaired) electrons. The molecule has 1 amide bonds. The van der Waals surface area contributed by atoms with Crippen LogP contribution in [0.5, 0.6) is 11.5 Å². The maximum atomic E-state index is 12.0. The molecule has 3 aromatic rings. The lowest BCUT2D eigenvalue weighted by Gasteiger charge is -2.26. The van der Waals surface area contributed by atoms with Crippen molar-refractivity contribution in [3.8, 4) is 11.5 Å². The third kappa shape index (κ3) is 4.06. The molecule has 2 aromatic carbocycles. The van der Waals surface area contributed by atoms with E-state index in [1.165, 1.54) is 0 Å². The molecular formula is C20H18N2O6. The first kappa shape index (κ1) is 17.8. The summed E-state index contributed by atoms with van der Waals surface area (Å²) in [6, 6.07) is 14.6. The summed E-state index contributed by atoms with van der Waals surface area (Å²) < 4.78 is 21.5. The molecular weight excluding hydrogens is 364 g/mol. The Morgan fingerprint density at radius 3 is 2.79 bits per heavy atom. The zero-order chi connectivity index (χ0) is 19.3. The Hall–Kier alpha value is -3.55. The zero-order valence-corrected chi connectivity index (χ0v) is 14.9. The maximum Gasteiger partial charge on any atom is 0.312 e. The number of rotatable bonds is 6. The van der Waals surface area contributed by atoms with Crippen molar-refractivity contribution in [1.29, 1.82) is 0 Å². The molecule has 0 spiro atoms. The molecule has 8 heteroatoms. The van der Waals surface area contributed by atoms with Gasteiger partial charge in [-0.2, -0.15) is 0 Å². The first-order valence-electron chi connectivity index (χ1n) is 8.83. The average molecular weight is 382 g/mol. The normalized spacial score (nSPS) is 15.2. The minimum absolute atomic E-state index is 0.0688. The van der Waals surface area contributed by atoms with Crippen molar-refractivity contribution in [2.24, 2.45) is 0 Å². The first-order valence-corrected chi connectivity index (χ1v) is 8.83. The number of nitrogens with one attached hydrogen (secondary N) is 1. The number of carbonyl (C=O) groups is 2. The van der Waals surface area contributed by atoms with Gasteiger partial charge in [-0.25, -0.2) is 0 Å². The number of ether oxygens (including phenoxy) is 3. The second-order valence-corrected chi connectivity index (χ2v) is 6.26. The van der Waals surface area contributed by atoms with Gasteiger partial charge >= 0.3 is 5.97 Å². The molecule has 1 atom stereocenters. The van der Waals surface area contributed by atoms with Crippen molar-refractivity contribution in [3.05, 3.63) is 54.2 Å². The summed E-state index contributed by atoms with van der Waals surface area (Å²) >= 11 is 0. The molecule has 0 bridgehead atoms. The Bertz CT molecular complexity index is 999. The summed E-state index contributed by atoms with van der Waals surface area (Å²) in [7, 11) is 0. The van der Waals surface area contributed by atoms with Crippen molar-refractivity contribution in [2.45, 2.75) is 12.5 Å². The van der Waals surface area contributed by atoms with Crippen molar-refractivity contribution >= 4 is 22.8 Å². The fraction of sp³-hybridized carbons (Fsp3) is 0.250. The molecule has 1 aliphatic heterocycles. The molecule has 2 heterocycles. The van der Waals surface area contributed by atoms with E-state index in [-0.39, 0.29) is 25.7 Å². The second kappa shape index (κ2) is 7.99. The van der Waals surface area contributed by atoms with Crippen LogP contribution in [0.4, 0.5) is 0 Å². The first-order chi connectivity index (χ1) is 13.7. The Labute approximate surface area is 160 Å². The smallest absolute Gasteiger partial charge is 0.312 e. The molecule has 1 aromatic heterocycles. The molecule has 1 N–H and O–H groups in total. The minimum atomic E-state index is -0.555. The number of hydrogen-bond donors (Lipinski definition) is 1. The van der Waals surface area contributed by atoms with Gasteiger partial charge in [0.25, 0.3) is 5.91 Å². The fourth-order valence-electron chi connectivity index (χ4n) is 2.84. The number of amides is 1. The predicted molar refractivity (Wildman–Crippen MR) is 98.0 cm³/mol. The fourth-order valence-corrected chi connectivity index (χ4v) is 2.84. The van der Waals surface area contributed by atoms with E-state index in [1.54, 1.807) is 12.1 Å². The van der Waals surface area contributed by atoms with E-state index < -0.39 is 11.9 Å². The molecule has 28 heavy (non-hydrogen) atoms. The Morgan fingerprint density at radius 1 is 1.11 bits per heavy atom. The third-order valence-electron chi connectivity index (χ3n) is 4.22. The van der Waals surface area contributed by atoms with Crippen LogP contribution in [0, 0.1) is 0 Å². The van der Waals surface area contributed by atoms with Gasteiger partial charge in [0.05, 0.1) is 13.0 Å². The van der Waals surface area contributed by atoms with Crippen LogP contribution in [0.25, 0.3) is 11.0 Å². The lowest BCUT2D eigenvalue weighted by Crippen LogP contribution is -2.42. The highest BCUT2D eigenvalue weighted by Gasteiger charge is 2.21. The van der Waals surface area contributed by atoms with Gasteiger partial charge in [-0.3, -0.25) is 9.59 Å². The van der Waals surface area contributed by atoms with Gasteiger partial charge in [0.15, 0.2) is 23.7 Å². The number of para-hydroxylation sites is 3. The lowest BCUT2D eigenvalue weighted by atomic mass is 10.2. The minimum Gasteiger partial charge on any atom is -0.486 e. The van der Waals surface area contributed by atoms with E-state index in [0.29, 0.717) is 29.4 Å². The summed E-state index contributed by atoms with van der Waals surface area (Å²) in [6.07, 6.45) is -0.378. The molecule has 0 saturated heterocycles. The van der Waals surface area contributed by atoms with E-state index in [0.717, 1.165) is 5.39 Å². The standard InChI is InChI=1S/C20H18N2O6/c23-19(21-10-13-11-25-17-7-3-4-8-18(17)27-13)12-26-20(24)9-15-14-5-1-2-6-16(14)28-22-15/h1-8,13H,9-12H2,(H,21,23)/t13-/m1/s1.